The fourth-order valence-corrected chi connectivity index (χ4v) is 18.0. The molecule has 1 fully saturated rings. The summed E-state index contributed by atoms with van der Waals surface area (Å²) in [7, 11) is -0.302. The van der Waals surface area contributed by atoms with Gasteiger partial charge in [0.1, 0.15) is 0 Å². The maximum atomic E-state index is 6.49. The molecule has 1 saturated heterocycles. The van der Waals surface area contributed by atoms with E-state index in [2.05, 4.69) is 198 Å². The number of aliphatic imine (C=N–C) groups is 2. The van der Waals surface area contributed by atoms with E-state index in [1.54, 1.807) is 12.4 Å². The van der Waals surface area contributed by atoms with Gasteiger partial charge in [0.15, 0.2) is 22.6 Å². The SMILES string of the molecule is C.C.CC1(C)OB(c2cccnc2)OC1(C)C.Clc1ccc(Br)c(-c2cc(Cl)ccc2Br)c1.Clc1ccc2c(c1)c1cc(Cl)ccc1n1c3ccccc3nc1c1nc3ccccc3n21.c1ccc2c(c1)CC(C1=Nc3ccccc3C1)=N2.c1cncc(-c2ccc3c(c2)c2cc(-c4cccnc4)ccc2n2c4ccccc4nc2c2nc4ccccc4n32)c1. The molecule has 0 N–H and O–H groups in total. The standard InChI is InChI=1S/C36H22N6.C26H14Cl2N4.C16H12N2.C12H6Br2Cl2.C11H16BNO2.2CH4/c1-3-11-33-29(9-1)39-35-36-40-30-10-2-4-12-34(30)42(36)32-16-14-24(26-8-6-18-38-22-26)20-28(32)27-19-23(13-15-31(27)41(33)35)25-7-5-17-37-21-25;27-15-9-11-21-17(13-15)18-14-16(28)10-12-22(18)32-24-8-4-2-6-20(24)30-26(32)25-29-19-5-1-3-7-23(19)31(21)25;1-3-7-13-11(5-1)9-15(17-13)16-10-12-6-2-4-8-14(12)18-16;13-11-3-1-7(15)5-9(11)10-6-8(16)2-4-12(10)14;1-10(2)11(3,4)15-12(14-10)9-6-5-7-13-8-9;;/h1-22H;1-14H;1-8H,9-10H2;1-6H;5-8H,1-4H3;2*1H4. The number of hydrogen-bond acceptors (Lipinski definition) is 11. The van der Waals surface area contributed by atoms with Crippen molar-refractivity contribution in [3.8, 4) is 33.4 Å². The molecule has 12 heterocycles. The van der Waals surface area contributed by atoms with E-state index < -0.39 is 0 Å². The zero-order valence-corrected chi connectivity index (χ0v) is 72.8. The number of rotatable bonds is 5. The number of aromatic nitrogens is 11. The molecule has 3 aliphatic rings. The predicted molar refractivity (Wildman–Crippen MR) is 527 cm³/mol. The lowest BCUT2D eigenvalue weighted by Crippen LogP contribution is -2.41. The Morgan fingerprint density at radius 1 is 0.320 bits per heavy atom. The Labute approximate surface area is 758 Å². The first-order valence-electron chi connectivity index (χ1n) is 40.0. The normalized spacial score (nSPS) is 13.5. The minimum Gasteiger partial charge on any atom is -0.399 e. The third-order valence-electron chi connectivity index (χ3n) is 23.0. The Morgan fingerprint density at radius 3 is 0.992 bits per heavy atom. The molecule has 0 amide bonds. The third-order valence-corrected chi connectivity index (χ3v) is 25.3. The molecular formula is C103H78BBr2Cl4N13O2. The molecule has 0 radical (unpaired) electrons. The zero-order valence-electron chi connectivity index (χ0n) is 66.6. The highest BCUT2D eigenvalue weighted by Crippen LogP contribution is 2.42. The topological polar surface area (TPSA) is 151 Å². The van der Waals surface area contributed by atoms with Crippen molar-refractivity contribution in [2.24, 2.45) is 9.98 Å². The molecule has 0 unspecified atom stereocenters. The van der Waals surface area contributed by atoms with Crippen molar-refractivity contribution >= 4 is 224 Å². The van der Waals surface area contributed by atoms with Crippen molar-refractivity contribution < 1.29 is 9.31 Å². The number of pyridine rings is 3. The van der Waals surface area contributed by atoms with Gasteiger partial charge in [0.05, 0.1) is 100 Å². The van der Waals surface area contributed by atoms with Gasteiger partial charge in [0, 0.05) is 117 Å². The fraction of sp³-hybridized carbons (Fsp3) is 0.0971. The maximum Gasteiger partial charge on any atom is 0.496 e. The summed E-state index contributed by atoms with van der Waals surface area (Å²) in [6.45, 7) is 8.18. The van der Waals surface area contributed by atoms with Crippen molar-refractivity contribution in [2.45, 2.75) is 66.6 Å². The lowest BCUT2D eigenvalue weighted by atomic mass is 9.80. The van der Waals surface area contributed by atoms with Crippen LogP contribution in [0.3, 0.4) is 0 Å². The average Bonchev–Trinajstić information content (AvgIpc) is 1.58. The van der Waals surface area contributed by atoms with Crippen LogP contribution in [0.15, 0.2) is 347 Å². The summed E-state index contributed by atoms with van der Waals surface area (Å²) in [5.41, 5.74) is 28.9. The van der Waals surface area contributed by atoms with E-state index in [-0.39, 0.29) is 33.2 Å². The summed E-state index contributed by atoms with van der Waals surface area (Å²) in [4.78, 5) is 42.6. The van der Waals surface area contributed by atoms with Crippen molar-refractivity contribution in [3.63, 3.8) is 0 Å². The van der Waals surface area contributed by atoms with Crippen LogP contribution in [0.1, 0.15) is 53.7 Å². The Kier molecular flexibility index (Phi) is 23.0. The van der Waals surface area contributed by atoms with Crippen LogP contribution in [0, 0.1) is 0 Å². The molecule has 3 aliphatic heterocycles. The van der Waals surface area contributed by atoms with Crippen LogP contribution in [0.25, 0.3) is 144 Å². The highest BCUT2D eigenvalue weighted by atomic mass is 79.9. The second-order valence-electron chi connectivity index (χ2n) is 31.2. The number of para-hydroxylation sites is 10. The summed E-state index contributed by atoms with van der Waals surface area (Å²) in [5.74, 6) is 0. The molecule has 0 bridgehead atoms. The highest BCUT2D eigenvalue weighted by Gasteiger charge is 2.52. The summed E-state index contributed by atoms with van der Waals surface area (Å²) in [5, 5.41) is 6.91. The minimum atomic E-state index is -0.302. The molecular weight excluding hydrogens is 1760 g/mol. The van der Waals surface area contributed by atoms with E-state index in [0.29, 0.717) is 20.1 Å². The summed E-state index contributed by atoms with van der Waals surface area (Å²) in [6.07, 6.45) is 12.8. The van der Waals surface area contributed by atoms with E-state index in [4.69, 9.17) is 85.6 Å². The van der Waals surface area contributed by atoms with E-state index in [1.165, 1.54) is 11.1 Å². The average molecular weight is 1840 g/mol. The molecule has 612 valence electrons. The number of fused-ring (bicyclic) bond motifs is 26. The summed E-state index contributed by atoms with van der Waals surface area (Å²) >= 11 is 32.0. The van der Waals surface area contributed by atoms with E-state index >= 15 is 0 Å². The Hall–Kier alpha value is -12.6. The molecule has 125 heavy (non-hydrogen) atoms. The predicted octanol–water partition coefficient (Wildman–Crippen LogP) is 28.2. The first-order chi connectivity index (χ1) is 59.9. The van der Waals surface area contributed by atoms with Gasteiger partial charge in [-0.25, -0.2) is 19.9 Å². The van der Waals surface area contributed by atoms with E-state index in [9.17, 15) is 0 Å². The van der Waals surface area contributed by atoms with Gasteiger partial charge in [-0.2, -0.15) is 0 Å². The summed E-state index contributed by atoms with van der Waals surface area (Å²) < 4.78 is 22.6. The van der Waals surface area contributed by atoms with Crippen LogP contribution in [0.2, 0.25) is 20.1 Å². The van der Waals surface area contributed by atoms with Crippen molar-refractivity contribution in [3.05, 3.63) is 369 Å². The van der Waals surface area contributed by atoms with Gasteiger partial charge in [0.2, 0.25) is 0 Å². The summed E-state index contributed by atoms with van der Waals surface area (Å²) in [6, 6.07) is 98.1. The second-order valence-corrected chi connectivity index (χ2v) is 34.6. The molecule has 22 heteroatoms. The van der Waals surface area contributed by atoms with Crippen molar-refractivity contribution in [1.82, 2.24) is 52.5 Å². The number of nitrogens with zero attached hydrogens (tertiary/aromatic N) is 13. The van der Waals surface area contributed by atoms with Crippen LogP contribution < -0.4 is 5.46 Å². The quantitative estimate of drug-likeness (QED) is 0.153. The van der Waals surface area contributed by atoms with E-state index in [1.807, 2.05) is 210 Å². The number of imidazole rings is 4. The second kappa shape index (κ2) is 34.5. The number of hydrogen-bond donors (Lipinski definition) is 0. The lowest BCUT2D eigenvalue weighted by Gasteiger charge is -2.32. The first kappa shape index (κ1) is 83.3. The molecule has 15 nitrogen and oxygen atoms in total. The van der Waals surface area contributed by atoms with Crippen LogP contribution in [-0.2, 0) is 22.2 Å². The molecule has 0 atom stereocenters. The van der Waals surface area contributed by atoms with Crippen molar-refractivity contribution in [1.29, 1.82) is 0 Å². The minimum absolute atomic E-state index is 0. The van der Waals surface area contributed by atoms with Gasteiger partial charge in [-0.05, 0) is 237 Å². The largest absolute Gasteiger partial charge is 0.496 e. The van der Waals surface area contributed by atoms with Gasteiger partial charge in [-0.3, -0.25) is 42.5 Å². The van der Waals surface area contributed by atoms with Gasteiger partial charge in [-0.1, -0.05) is 208 Å². The highest BCUT2D eigenvalue weighted by molar-refractivity contribution is 9.11. The molecule has 24 rings (SSSR count). The van der Waals surface area contributed by atoms with Gasteiger partial charge in [0.25, 0.3) is 0 Å². The van der Waals surface area contributed by atoms with Gasteiger partial charge >= 0.3 is 7.12 Å². The molecule has 0 spiro atoms. The number of halogens is 6. The Balaban J connectivity index is 0.000000113. The zero-order chi connectivity index (χ0) is 83.8. The molecule has 21 aromatic rings. The Morgan fingerprint density at radius 2 is 0.640 bits per heavy atom. The first-order valence-corrected chi connectivity index (χ1v) is 43.1. The van der Waals surface area contributed by atoms with Crippen molar-refractivity contribution in [2.75, 3.05) is 0 Å². The molecule has 9 aromatic heterocycles. The monoisotopic (exact) mass is 1840 g/mol. The van der Waals surface area contributed by atoms with Gasteiger partial charge < -0.3 is 9.31 Å². The van der Waals surface area contributed by atoms with Crippen LogP contribution >= 0.6 is 78.3 Å². The molecule has 12 aromatic carbocycles. The van der Waals surface area contributed by atoms with Crippen LogP contribution in [0.4, 0.5) is 11.4 Å². The van der Waals surface area contributed by atoms with Gasteiger partial charge in [-0.15, -0.1) is 0 Å². The lowest BCUT2D eigenvalue weighted by molar-refractivity contribution is 0.00578. The molecule has 0 saturated carbocycles. The van der Waals surface area contributed by atoms with Crippen LogP contribution in [0.5, 0.6) is 0 Å². The molecule has 0 aliphatic carbocycles. The number of benzene rings is 12. The maximum absolute atomic E-state index is 6.49. The smallest absolute Gasteiger partial charge is 0.399 e. The van der Waals surface area contributed by atoms with E-state index in [0.717, 1.165) is 194 Å². The fourth-order valence-electron chi connectivity index (χ4n) is 16.3. The van der Waals surface area contributed by atoms with Crippen LogP contribution in [-0.4, -0.2) is 82.2 Å². The third kappa shape index (κ3) is 15.8. The Bertz CT molecular complexity index is 7520.